The Labute approximate surface area is 177 Å². The van der Waals surface area contributed by atoms with Crippen LogP contribution in [0.15, 0.2) is 65.6 Å². The Bertz CT molecular complexity index is 1190. The van der Waals surface area contributed by atoms with Crippen molar-refractivity contribution < 1.29 is 17.9 Å². The van der Waals surface area contributed by atoms with Crippen LogP contribution in [0.1, 0.15) is 27.0 Å². The third-order valence-corrected chi connectivity index (χ3v) is 6.12. The molecule has 0 heterocycles. The number of hydrogen-bond acceptors (Lipinski definition) is 4. The van der Waals surface area contributed by atoms with Gasteiger partial charge in [-0.1, -0.05) is 23.8 Å². The molecular weight excluding hydrogens is 400 g/mol. The molecule has 0 atom stereocenters. The maximum atomic E-state index is 12.8. The van der Waals surface area contributed by atoms with Gasteiger partial charge in [-0.25, -0.2) is 8.42 Å². The van der Waals surface area contributed by atoms with Gasteiger partial charge >= 0.3 is 0 Å². The van der Waals surface area contributed by atoms with E-state index in [1.54, 1.807) is 37.3 Å². The van der Waals surface area contributed by atoms with Gasteiger partial charge in [-0.2, -0.15) is 0 Å². The molecule has 1 amide bonds. The van der Waals surface area contributed by atoms with Crippen molar-refractivity contribution in [3.05, 3.63) is 82.9 Å². The molecule has 0 aliphatic heterocycles. The first-order valence-electron chi connectivity index (χ1n) is 9.36. The molecule has 3 rings (SSSR count). The lowest BCUT2D eigenvalue weighted by molar-refractivity contribution is 0.102. The highest BCUT2D eigenvalue weighted by Gasteiger charge is 2.19. The van der Waals surface area contributed by atoms with Crippen LogP contribution < -0.4 is 14.8 Å². The molecule has 0 bridgehead atoms. The quantitative estimate of drug-likeness (QED) is 0.602. The largest absolute Gasteiger partial charge is 0.497 e. The highest BCUT2D eigenvalue weighted by molar-refractivity contribution is 7.92. The van der Waals surface area contributed by atoms with Crippen LogP contribution in [0.2, 0.25) is 0 Å². The van der Waals surface area contributed by atoms with Gasteiger partial charge in [0.2, 0.25) is 0 Å². The van der Waals surface area contributed by atoms with E-state index in [4.69, 9.17) is 4.74 Å². The topological polar surface area (TPSA) is 84.5 Å². The molecular formula is C23H24N2O4S. The Hall–Kier alpha value is -3.32. The highest BCUT2D eigenvalue weighted by atomic mass is 32.2. The fraction of sp³-hybridized carbons (Fsp3) is 0.174. The second-order valence-electron chi connectivity index (χ2n) is 7.08. The number of carbonyl (C=O) groups is 1. The van der Waals surface area contributed by atoms with Crippen molar-refractivity contribution in [3.8, 4) is 5.75 Å². The van der Waals surface area contributed by atoms with Crippen LogP contribution in [-0.4, -0.2) is 21.4 Å². The summed E-state index contributed by atoms with van der Waals surface area (Å²) in [6, 6.07) is 16.8. The van der Waals surface area contributed by atoms with Crippen molar-refractivity contribution in [1.82, 2.24) is 0 Å². The predicted molar refractivity (Wildman–Crippen MR) is 119 cm³/mol. The van der Waals surface area contributed by atoms with Gasteiger partial charge in [0.05, 0.1) is 12.0 Å². The summed E-state index contributed by atoms with van der Waals surface area (Å²) in [7, 11) is -2.33. The summed E-state index contributed by atoms with van der Waals surface area (Å²) in [4.78, 5) is 12.8. The second-order valence-corrected chi connectivity index (χ2v) is 8.77. The molecule has 3 aromatic carbocycles. The molecule has 0 aromatic heterocycles. The lowest BCUT2D eigenvalue weighted by Crippen LogP contribution is -2.17. The molecule has 0 saturated carbocycles. The Kier molecular flexibility index (Phi) is 6.12. The summed E-state index contributed by atoms with van der Waals surface area (Å²) < 4.78 is 33.2. The van der Waals surface area contributed by atoms with Crippen molar-refractivity contribution in [1.29, 1.82) is 0 Å². The third-order valence-electron chi connectivity index (χ3n) is 4.74. The SMILES string of the molecule is COc1ccc(NS(=O)(=O)c2ccc(C)c(C(=O)Nc3ccc(C)cc3C)c2)cc1. The average molecular weight is 425 g/mol. The van der Waals surface area contributed by atoms with Crippen molar-refractivity contribution >= 4 is 27.3 Å². The summed E-state index contributed by atoms with van der Waals surface area (Å²) in [5.74, 6) is 0.264. The normalized spacial score (nSPS) is 11.1. The maximum Gasteiger partial charge on any atom is 0.261 e. The van der Waals surface area contributed by atoms with Crippen LogP contribution in [0, 0.1) is 20.8 Å². The standard InChI is InChI=1S/C23H24N2O4S/c1-15-5-12-22(17(3)13-15)24-23(26)21-14-20(11-6-16(21)2)30(27,28)25-18-7-9-19(29-4)10-8-18/h5-14,25H,1-4H3,(H,24,26). The minimum absolute atomic E-state index is 0.00898. The molecule has 7 heteroatoms. The molecule has 30 heavy (non-hydrogen) atoms. The Morgan fingerprint density at radius 3 is 2.20 bits per heavy atom. The van der Waals surface area contributed by atoms with E-state index in [2.05, 4.69) is 10.0 Å². The first-order chi connectivity index (χ1) is 14.2. The number of methoxy groups -OCH3 is 1. The molecule has 0 unspecified atom stereocenters. The zero-order valence-electron chi connectivity index (χ0n) is 17.3. The van der Waals surface area contributed by atoms with Gasteiger partial charge in [0.25, 0.3) is 15.9 Å². The van der Waals surface area contributed by atoms with Crippen LogP contribution in [0.3, 0.4) is 0 Å². The smallest absolute Gasteiger partial charge is 0.261 e. The number of nitrogens with one attached hydrogen (secondary N) is 2. The van der Waals surface area contributed by atoms with Crippen molar-refractivity contribution in [2.24, 2.45) is 0 Å². The summed E-state index contributed by atoms with van der Waals surface area (Å²) in [6.07, 6.45) is 0. The van der Waals surface area contributed by atoms with E-state index < -0.39 is 10.0 Å². The number of amides is 1. The molecule has 3 aromatic rings. The zero-order chi connectivity index (χ0) is 21.9. The Morgan fingerprint density at radius 1 is 0.867 bits per heavy atom. The van der Waals surface area contributed by atoms with E-state index in [9.17, 15) is 13.2 Å². The number of ether oxygens (including phenoxy) is 1. The van der Waals surface area contributed by atoms with Crippen LogP contribution in [0.4, 0.5) is 11.4 Å². The van der Waals surface area contributed by atoms with E-state index in [0.717, 1.165) is 11.1 Å². The van der Waals surface area contributed by atoms with E-state index in [0.29, 0.717) is 28.3 Å². The number of anilines is 2. The molecule has 0 fully saturated rings. The van der Waals surface area contributed by atoms with E-state index >= 15 is 0 Å². The number of sulfonamides is 1. The van der Waals surface area contributed by atoms with Crippen LogP contribution in [0.5, 0.6) is 5.75 Å². The van der Waals surface area contributed by atoms with E-state index in [1.165, 1.54) is 19.2 Å². The Morgan fingerprint density at radius 2 is 1.57 bits per heavy atom. The van der Waals surface area contributed by atoms with Gasteiger partial charge in [0.1, 0.15) is 5.75 Å². The van der Waals surface area contributed by atoms with Crippen LogP contribution >= 0.6 is 0 Å². The minimum atomic E-state index is -3.86. The van der Waals surface area contributed by atoms with Crippen LogP contribution in [0.25, 0.3) is 0 Å². The molecule has 156 valence electrons. The van der Waals surface area contributed by atoms with Gasteiger partial charge in [-0.3, -0.25) is 9.52 Å². The minimum Gasteiger partial charge on any atom is -0.497 e. The number of aryl methyl sites for hydroxylation is 3. The van der Waals surface area contributed by atoms with Crippen molar-refractivity contribution in [2.45, 2.75) is 25.7 Å². The number of benzene rings is 3. The van der Waals surface area contributed by atoms with E-state index in [1.807, 2.05) is 32.0 Å². The lowest BCUT2D eigenvalue weighted by Gasteiger charge is -2.13. The average Bonchev–Trinajstić information content (AvgIpc) is 2.70. The summed E-state index contributed by atoms with van der Waals surface area (Å²) in [5.41, 5.74) is 4.10. The fourth-order valence-electron chi connectivity index (χ4n) is 3.03. The molecule has 0 saturated heterocycles. The molecule has 0 aliphatic carbocycles. The van der Waals surface area contributed by atoms with Gasteiger partial charge in [-0.15, -0.1) is 0 Å². The predicted octanol–water partition coefficient (Wildman–Crippen LogP) is 4.67. The van der Waals surface area contributed by atoms with Gasteiger partial charge in [0, 0.05) is 16.9 Å². The zero-order valence-corrected chi connectivity index (χ0v) is 18.1. The van der Waals surface area contributed by atoms with Gasteiger partial charge < -0.3 is 10.1 Å². The van der Waals surface area contributed by atoms with E-state index in [-0.39, 0.29) is 10.8 Å². The van der Waals surface area contributed by atoms with Crippen molar-refractivity contribution in [2.75, 3.05) is 17.1 Å². The van der Waals surface area contributed by atoms with Crippen LogP contribution in [-0.2, 0) is 10.0 Å². The number of rotatable bonds is 6. The number of hydrogen-bond donors (Lipinski definition) is 2. The molecule has 0 radical (unpaired) electrons. The maximum absolute atomic E-state index is 12.8. The molecule has 0 spiro atoms. The molecule has 2 N–H and O–H groups in total. The third kappa shape index (κ3) is 4.80. The second kappa shape index (κ2) is 8.59. The monoisotopic (exact) mass is 424 g/mol. The first kappa shape index (κ1) is 21.4. The van der Waals surface area contributed by atoms with Crippen molar-refractivity contribution in [3.63, 3.8) is 0 Å². The molecule has 0 aliphatic rings. The highest BCUT2D eigenvalue weighted by Crippen LogP contribution is 2.23. The van der Waals surface area contributed by atoms with Gasteiger partial charge in [0.15, 0.2) is 0 Å². The lowest BCUT2D eigenvalue weighted by atomic mass is 10.1. The number of carbonyl (C=O) groups excluding carboxylic acids is 1. The first-order valence-corrected chi connectivity index (χ1v) is 10.8. The fourth-order valence-corrected chi connectivity index (χ4v) is 4.11. The molecule has 6 nitrogen and oxygen atoms in total. The van der Waals surface area contributed by atoms with Gasteiger partial charge in [-0.05, 0) is 74.4 Å². The summed E-state index contributed by atoms with van der Waals surface area (Å²) in [6.45, 7) is 5.66. The summed E-state index contributed by atoms with van der Waals surface area (Å²) in [5, 5.41) is 2.87. The Balaban J connectivity index is 1.86. The summed E-state index contributed by atoms with van der Waals surface area (Å²) >= 11 is 0.